The Labute approximate surface area is 620 Å². The van der Waals surface area contributed by atoms with E-state index in [9.17, 15) is 104 Å². The van der Waals surface area contributed by atoms with Crippen molar-refractivity contribution in [1.82, 2.24) is 26.6 Å². The number of hydrogen-bond donors (Lipinski definition) is 10. The van der Waals surface area contributed by atoms with E-state index in [4.69, 9.17) is 34.6 Å². The Balaban J connectivity index is -0.00000129. The molecule has 10 N–H and O–H groups in total. The van der Waals surface area contributed by atoms with Crippen molar-refractivity contribution in [1.29, 1.82) is 0 Å². The molecule has 5 amide bonds. The molecule has 2 aromatic rings. The van der Waals surface area contributed by atoms with Crippen LogP contribution in [0.1, 0.15) is 163 Å². The van der Waals surface area contributed by atoms with Crippen molar-refractivity contribution >= 4 is 60.1 Å². The summed E-state index contributed by atoms with van der Waals surface area (Å²) in [5.41, 5.74) is 1.57. The molecule has 0 bridgehead atoms. The van der Waals surface area contributed by atoms with Gasteiger partial charge in [-0.3, -0.25) is 4.79 Å². The van der Waals surface area contributed by atoms with Gasteiger partial charge < -0.3 is 95.3 Å². The summed E-state index contributed by atoms with van der Waals surface area (Å²) < 4.78 is 19.5. The van der Waals surface area contributed by atoms with Crippen LogP contribution in [-0.4, -0.2) is 194 Å². The topological polar surface area (TPSA) is 631 Å². The smallest absolute Gasteiger partial charge is 0.413 e. The molecular weight excluding hydrogens is 1450 g/mol. The third kappa shape index (κ3) is 64.0. The second kappa shape index (κ2) is 61.6. The van der Waals surface area contributed by atoms with Gasteiger partial charge in [-0.2, -0.15) is 0 Å². The van der Waals surface area contributed by atoms with E-state index in [1.807, 2.05) is 61.5 Å². The first-order chi connectivity index (χ1) is 50.7. The summed E-state index contributed by atoms with van der Waals surface area (Å²) in [6, 6.07) is 10.6. The van der Waals surface area contributed by atoms with E-state index in [0.29, 0.717) is 83.5 Å². The predicted octanol–water partition coefficient (Wildman–Crippen LogP) is 7.58. The zero-order valence-corrected chi connectivity index (χ0v) is 61.4. The Morgan fingerprint density at radius 2 is 0.657 bits per heavy atom. The standard InChI is InChI=1S/C19H20N2O7.C12H22N2O7.C12H22N2O6.C11H20N2O7.C10H18N2O7/c22-18(23)17(13-15-6-2-1-3-7-15)20-19(24)28-16-10-4-8-14(12-16)9-5-11-27-21(25)26;1-9(2)8-10(11(15)16)13-12(17)20-6-4-3-5-7-21-14(18)19;1-9(2)8-10(12(16)17)13-11(15)6-4-3-5-7-20-14(18)19;1-8(2)7-9(10(14)15)12-11(16)19-5-3-4-6-20-13(17)18;1-7(2)6-8(9(13)14)11-10(15)18-4-3-5-19-12(16)17/h1-4,6-8,10,12,17H,5,9,11,13H2,(H,20,24)(H,22,23);9-10H,3-8H2,1-2H3,(H,13,17)(H,15,16);9-10H,3-8H2,1-2H3,(H,13,15)(H,16,17);8-9H,3-7H2,1-2H3,(H,12,16)(H,14,15);7-8H,3-6H2,1-2H3,(H,11,15)(H,13,14). The van der Waals surface area contributed by atoms with E-state index in [1.54, 1.807) is 48.5 Å². The zero-order valence-electron chi connectivity index (χ0n) is 61.4. The number of aliphatic carboxylic acids is 5. The van der Waals surface area contributed by atoms with Crippen molar-refractivity contribution in [2.75, 3.05) is 52.9 Å². The van der Waals surface area contributed by atoms with Gasteiger partial charge in [-0.05, 0) is 130 Å². The van der Waals surface area contributed by atoms with Crippen LogP contribution in [0.15, 0.2) is 54.6 Å². The van der Waals surface area contributed by atoms with E-state index in [1.165, 1.54) is 0 Å². The van der Waals surface area contributed by atoms with Crippen LogP contribution in [0, 0.1) is 74.2 Å². The average Bonchev–Trinajstić information content (AvgIpc) is 0.884. The van der Waals surface area contributed by atoms with Crippen molar-refractivity contribution in [3.63, 3.8) is 0 Å². The Morgan fingerprint density at radius 3 is 1.03 bits per heavy atom. The van der Waals surface area contributed by atoms with Crippen molar-refractivity contribution in [2.45, 2.75) is 195 Å². The minimum atomic E-state index is -1.17. The maximum absolute atomic E-state index is 12.1. The highest BCUT2D eigenvalue weighted by molar-refractivity contribution is 5.84. The largest absolute Gasteiger partial charge is 0.480 e. The van der Waals surface area contributed by atoms with Crippen LogP contribution in [0.3, 0.4) is 0 Å². The molecule has 612 valence electrons. The Bertz CT molecular complexity index is 2960. The van der Waals surface area contributed by atoms with Gasteiger partial charge in [-0.15, -0.1) is 50.6 Å². The molecule has 2 aromatic carbocycles. The molecule has 0 aliphatic rings. The summed E-state index contributed by atoms with van der Waals surface area (Å²) in [6.07, 6.45) is 3.40. The SMILES string of the molecule is CC(C)CC(NC(=O)CCCCCO[N+](=O)[O-])C(=O)O.CC(C)CC(NC(=O)OCCCCCO[N+](=O)[O-])C(=O)O.CC(C)CC(NC(=O)OCCCCO[N+](=O)[O-])C(=O)O.CC(C)CC(NC(=O)OCCCO[N+](=O)[O-])C(=O)O.O=C(NC(Cc1ccccc1)C(=O)O)Oc1cccc(CCCO[N+](=O)[O-])c1. The van der Waals surface area contributed by atoms with Gasteiger partial charge >= 0.3 is 54.2 Å². The van der Waals surface area contributed by atoms with Crippen LogP contribution < -0.4 is 31.3 Å². The fourth-order valence-electron chi connectivity index (χ4n) is 8.36. The molecule has 0 aromatic heterocycles. The van der Waals surface area contributed by atoms with Gasteiger partial charge in [0.05, 0.1) is 52.9 Å². The number of carbonyl (C=O) groups excluding carboxylic acids is 5. The Hall–Kier alpha value is -11.7. The molecule has 0 fully saturated rings. The number of nitrogens with zero attached hydrogens (tertiary/aromatic N) is 5. The first kappa shape index (κ1) is 101. The highest BCUT2D eigenvalue weighted by Crippen LogP contribution is 2.16. The van der Waals surface area contributed by atoms with Crippen LogP contribution in [0.25, 0.3) is 0 Å². The first-order valence-electron chi connectivity index (χ1n) is 34.0. The van der Waals surface area contributed by atoms with Crippen LogP contribution in [0.2, 0.25) is 0 Å². The summed E-state index contributed by atoms with van der Waals surface area (Å²) in [4.78, 5) is 183. The molecular formula is C64H102N10O34. The number of nitrogens with one attached hydrogen (secondary N) is 5. The van der Waals surface area contributed by atoms with Crippen molar-refractivity contribution < 1.29 is 142 Å². The molecule has 44 heteroatoms. The van der Waals surface area contributed by atoms with E-state index in [0.717, 1.165) is 11.1 Å². The van der Waals surface area contributed by atoms with Gasteiger partial charge in [-0.1, -0.05) is 104 Å². The van der Waals surface area contributed by atoms with Crippen LogP contribution in [0.5, 0.6) is 5.75 Å². The van der Waals surface area contributed by atoms with Crippen molar-refractivity contribution in [3.05, 3.63) is 116 Å². The second-order valence-corrected chi connectivity index (χ2v) is 24.6. The highest BCUT2D eigenvalue weighted by Gasteiger charge is 2.26. The maximum atomic E-state index is 12.1. The molecule has 44 nitrogen and oxygen atoms in total. The lowest BCUT2D eigenvalue weighted by Crippen LogP contribution is -2.43. The van der Waals surface area contributed by atoms with Gasteiger partial charge in [0, 0.05) is 19.3 Å². The van der Waals surface area contributed by atoms with Gasteiger partial charge in [0.1, 0.15) is 36.0 Å². The summed E-state index contributed by atoms with van der Waals surface area (Å²) in [7, 11) is 0. The van der Waals surface area contributed by atoms with Gasteiger partial charge in [-0.25, -0.2) is 43.2 Å². The summed E-state index contributed by atoms with van der Waals surface area (Å²) >= 11 is 0. The van der Waals surface area contributed by atoms with Crippen molar-refractivity contribution in [3.8, 4) is 5.75 Å². The Morgan fingerprint density at radius 1 is 0.352 bits per heavy atom. The van der Waals surface area contributed by atoms with Gasteiger partial charge in [0.25, 0.3) is 25.4 Å². The lowest BCUT2D eigenvalue weighted by molar-refractivity contribution is -0.757. The van der Waals surface area contributed by atoms with Crippen LogP contribution in [-0.2, 0) is 80.0 Å². The first-order valence-corrected chi connectivity index (χ1v) is 34.0. The number of unbranched alkanes of at least 4 members (excludes halogenated alkanes) is 5. The lowest BCUT2D eigenvalue weighted by atomic mass is 10.0. The molecule has 108 heavy (non-hydrogen) atoms. The minimum Gasteiger partial charge on any atom is -0.480 e. The molecule has 0 aliphatic carbocycles. The predicted molar refractivity (Wildman–Crippen MR) is 372 cm³/mol. The molecule has 0 saturated heterocycles. The highest BCUT2D eigenvalue weighted by atomic mass is 17.0. The van der Waals surface area contributed by atoms with Crippen LogP contribution in [0.4, 0.5) is 19.2 Å². The number of carboxylic acid groups (broad SMARTS) is 5. The number of carbonyl (C=O) groups is 10. The van der Waals surface area contributed by atoms with E-state index >= 15 is 0 Å². The number of benzene rings is 2. The van der Waals surface area contributed by atoms with E-state index in [2.05, 4.69) is 55.5 Å². The van der Waals surface area contributed by atoms with Crippen LogP contribution >= 0.6 is 0 Å². The second-order valence-electron chi connectivity index (χ2n) is 24.6. The summed E-state index contributed by atoms with van der Waals surface area (Å²) in [5.74, 6) is -5.08. The zero-order chi connectivity index (χ0) is 82.5. The fraction of sp³-hybridized carbons (Fsp3) is 0.656. The Kier molecular flexibility index (Phi) is 57.4. The third-order valence-electron chi connectivity index (χ3n) is 13.2. The molecule has 0 saturated carbocycles. The molecule has 5 unspecified atom stereocenters. The molecule has 5 atom stereocenters. The number of aryl methyl sites for hydroxylation is 1. The maximum Gasteiger partial charge on any atom is 0.413 e. The number of carboxylic acids is 5. The third-order valence-corrected chi connectivity index (χ3v) is 13.2. The summed E-state index contributed by atoms with van der Waals surface area (Å²) in [5, 5.41) is 102. The molecule has 0 radical (unpaired) electrons. The fourth-order valence-corrected chi connectivity index (χ4v) is 8.36. The average molecular weight is 1560 g/mol. The minimum absolute atomic E-state index is 0.00860. The summed E-state index contributed by atoms with van der Waals surface area (Å²) in [6.45, 7) is 14.7. The molecule has 0 spiro atoms. The van der Waals surface area contributed by atoms with Gasteiger partial charge in [0.15, 0.2) is 0 Å². The number of alkyl carbamates (subject to hydrolysis) is 3. The quantitative estimate of drug-likeness (QED) is 0.0132. The number of rotatable bonds is 51. The molecule has 2 rings (SSSR count). The number of ether oxygens (including phenoxy) is 4. The molecule has 0 aliphatic heterocycles. The van der Waals surface area contributed by atoms with E-state index in [-0.39, 0.29) is 114 Å². The molecule has 0 heterocycles. The number of hydrogen-bond acceptors (Lipinski definition) is 29. The van der Waals surface area contributed by atoms with E-state index < -0.39 is 110 Å². The van der Waals surface area contributed by atoms with Gasteiger partial charge in [0.2, 0.25) is 5.91 Å². The number of amides is 5. The monoisotopic (exact) mass is 1550 g/mol. The normalized spacial score (nSPS) is 11.7. The van der Waals surface area contributed by atoms with Crippen molar-refractivity contribution in [2.24, 2.45) is 23.7 Å². The lowest BCUT2D eigenvalue weighted by Gasteiger charge is -2.16.